The Kier molecular flexibility index (Phi) is 4.81. The Morgan fingerprint density at radius 3 is 2.75 bits per heavy atom. The molecule has 1 aromatic rings. The van der Waals surface area contributed by atoms with Gasteiger partial charge in [0.2, 0.25) is 0 Å². The maximum absolute atomic E-state index is 13.7. The van der Waals surface area contributed by atoms with Gasteiger partial charge >= 0.3 is 0 Å². The first kappa shape index (κ1) is 12.5. The van der Waals surface area contributed by atoms with Crippen LogP contribution in [0.25, 0.3) is 0 Å². The second-order valence-electron chi connectivity index (χ2n) is 3.57. The van der Waals surface area contributed by atoms with Gasteiger partial charge in [0.05, 0.1) is 18.8 Å². The fraction of sp³-hybridized carbons (Fsp3) is 0.385. The van der Waals surface area contributed by atoms with Crippen LogP contribution in [0.5, 0.6) is 0 Å². The molecule has 0 radical (unpaired) electrons. The van der Waals surface area contributed by atoms with E-state index in [1.165, 1.54) is 6.07 Å². The second kappa shape index (κ2) is 6.14. The number of halogens is 1. The largest absolute Gasteiger partial charge is 0.392 e. The van der Waals surface area contributed by atoms with Crippen LogP contribution in [-0.4, -0.2) is 18.2 Å². The van der Waals surface area contributed by atoms with Crippen molar-refractivity contribution in [1.82, 2.24) is 0 Å². The summed E-state index contributed by atoms with van der Waals surface area (Å²) in [5, 5.41) is 8.89. The van der Waals surface area contributed by atoms with Gasteiger partial charge in [0.15, 0.2) is 0 Å². The molecule has 0 spiro atoms. The summed E-state index contributed by atoms with van der Waals surface area (Å²) in [5.74, 6) is 2.18. The molecule has 1 rings (SSSR count). The number of terminal acetylenes is 1. The maximum atomic E-state index is 13.7. The Morgan fingerprint density at radius 2 is 2.25 bits per heavy atom. The Bertz CT molecular complexity index is 384. The van der Waals surface area contributed by atoms with Crippen molar-refractivity contribution in [2.75, 3.05) is 18.0 Å². The van der Waals surface area contributed by atoms with Gasteiger partial charge < -0.3 is 10.0 Å². The van der Waals surface area contributed by atoms with Gasteiger partial charge in [-0.2, -0.15) is 0 Å². The molecule has 0 amide bonds. The average Bonchev–Trinajstić information content (AvgIpc) is 2.29. The van der Waals surface area contributed by atoms with Crippen molar-refractivity contribution >= 4 is 5.69 Å². The Morgan fingerprint density at radius 1 is 1.50 bits per heavy atom. The predicted octanol–water partition coefficient (Wildman–Crippen LogP) is 2.17. The van der Waals surface area contributed by atoms with Crippen LogP contribution >= 0.6 is 0 Å². The van der Waals surface area contributed by atoms with Crippen molar-refractivity contribution in [3.63, 3.8) is 0 Å². The zero-order valence-corrected chi connectivity index (χ0v) is 9.41. The standard InChI is InChI=1S/C13H16FNO/c1-3-7-15(8-4-2)13-6-5-11(10-16)9-12(13)14/h1,5-6,9,16H,4,7-8,10H2,2H3. The summed E-state index contributed by atoms with van der Waals surface area (Å²) in [5.41, 5.74) is 1.07. The third-order valence-corrected chi connectivity index (χ3v) is 2.31. The Balaban J connectivity index is 2.96. The monoisotopic (exact) mass is 221 g/mol. The van der Waals surface area contributed by atoms with E-state index in [4.69, 9.17) is 11.5 Å². The number of anilines is 1. The van der Waals surface area contributed by atoms with Crippen LogP contribution in [0.4, 0.5) is 10.1 Å². The fourth-order valence-electron chi connectivity index (χ4n) is 1.57. The molecule has 2 nitrogen and oxygen atoms in total. The first-order valence-electron chi connectivity index (χ1n) is 5.30. The topological polar surface area (TPSA) is 23.5 Å². The number of rotatable bonds is 5. The summed E-state index contributed by atoms with van der Waals surface area (Å²) in [7, 11) is 0. The zero-order chi connectivity index (χ0) is 12.0. The molecule has 1 N–H and O–H groups in total. The maximum Gasteiger partial charge on any atom is 0.146 e. The van der Waals surface area contributed by atoms with Gasteiger partial charge in [0.25, 0.3) is 0 Å². The molecule has 0 aliphatic rings. The van der Waals surface area contributed by atoms with Crippen LogP contribution in [0.3, 0.4) is 0 Å². The van der Waals surface area contributed by atoms with Gasteiger partial charge in [-0.3, -0.25) is 0 Å². The summed E-state index contributed by atoms with van der Waals surface area (Å²) in [6, 6.07) is 4.71. The minimum absolute atomic E-state index is 0.153. The number of aliphatic hydroxyl groups excluding tert-OH is 1. The molecular weight excluding hydrogens is 205 g/mol. The quantitative estimate of drug-likeness (QED) is 0.770. The van der Waals surface area contributed by atoms with Gasteiger partial charge in [-0.05, 0) is 24.1 Å². The highest BCUT2D eigenvalue weighted by Gasteiger charge is 2.10. The lowest BCUT2D eigenvalue weighted by atomic mass is 10.2. The molecule has 0 saturated heterocycles. The van der Waals surface area contributed by atoms with Crippen LogP contribution < -0.4 is 4.90 Å². The molecule has 16 heavy (non-hydrogen) atoms. The normalized spacial score (nSPS) is 9.88. The van der Waals surface area contributed by atoms with Crippen LogP contribution in [0.2, 0.25) is 0 Å². The lowest BCUT2D eigenvalue weighted by Crippen LogP contribution is -2.25. The molecule has 0 atom stereocenters. The minimum atomic E-state index is -0.338. The van der Waals surface area contributed by atoms with Crippen molar-refractivity contribution in [3.8, 4) is 12.3 Å². The Labute approximate surface area is 95.7 Å². The van der Waals surface area contributed by atoms with Crippen molar-refractivity contribution in [2.24, 2.45) is 0 Å². The molecule has 0 saturated carbocycles. The van der Waals surface area contributed by atoms with Crippen molar-refractivity contribution in [3.05, 3.63) is 29.6 Å². The molecule has 86 valence electrons. The first-order valence-corrected chi connectivity index (χ1v) is 5.30. The molecule has 0 aliphatic carbocycles. The molecule has 0 unspecified atom stereocenters. The highest BCUT2D eigenvalue weighted by Crippen LogP contribution is 2.20. The number of nitrogens with zero attached hydrogens (tertiary/aromatic N) is 1. The fourth-order valence-corrected chi connectivity index (χ4v) is 1.57. The molecule has 1 aromatic carbocycles. The molecular formula is C13H16FNO. The highest BCUT2D eigenvalue weighted by molar-refractivity contribution is 5.50. The summed E-state index contributed by atoms with van der Waals surface area (Å²) < 4.78 is 13.7. The van der Waals surface area contributed by atoms with Crippen molar-refractivity contribution < 1.29 is 9.50 Å². The molecule has 0 heterocycles. The average molecular weight is 221 g/mol. The highest BCUT2D eigenvalue weighted by atomic mass is 19.1. The second-order valence-corrected chi connectivity index (χ2v) is 3.57. The van der Waals surface area contributed by atoms with Crippen molar-refractivity contribution in [2.45, 2.75) is 20.0 Å². The van der Waals surface area contributed by atoms with E-state index in [1.807, 2.05) is 11.8 Å². The number of hydrogen-bond donors (Lipinski definition) is 1. The van der Waals surface area contributed by atoms with Crippen molar-refractivity contribution in [1.29, 1.82) is 0 Å². The lowest BCUT2D eigenvalue weighted by Gasteiger charge is -2.22. The summed E-state index contributed by atoms with van der Waals surface area (Å²) in [6.45, 7) is 2.98. The number of benzene rings is 1. The smallest absolute Gasteiger partial charge is 0.146 e. The first-order chi connectivity index (χ1) is 7.72. The van der Waals surface area contributed by atoms with Crippen LogP contribution in [0.1, 0.15) is 18.9 Å². The zero-order valence-electron chi connectivity index (χ0n) is 9.41. The molecule has 0 aliphatic heterocycles. The molecule has 0 bridgehead atoms. The van der Waals surface area contributed by atoms with E-state index in [9.17, 15) is 4.39 Å². The SMILES string of the molecule is C#CCN(CCC)c1ccc(CO)cc1F. The van der Waals surface area contributed by atoms with Gasteiger partial charge in [-0.1, -0.05) is 18.9 Å². The third-order valence-electron chi connectivity index (χ3n) is 2.31. The van der Waals surface area contributed by atoms with Crippen LogP contribution in [0.15, 0.2) is 18.2 Å². The number of aliphatic hydroxyl groups is 1. The van der Waals surface area contributed by atoms with E-state index in [2.05, 4.69) is 5.92 Å². The van der Waals surface area contributed by atoms with Gasteiger partial charge in [-0.25, -0.2) is 4.39 Å². The van der Waals surface area contributed by atoms with E-state index < -0.39 is 0 Å². The van der Waals surface area contributed by atoms with E-state index in [1.54, 1.807) is 12.1 Å². The number of hydrogen-bond acceptors (Lipinski definition) is 2. The van der Waals surface area contributed by atoms with Gasteiger partial charge in [0.1, 0.15) is 5.82 Å². The predicted molar refractivity (Wildman–Crippen MR) is 63.7 cm³/mol. The molecule has 3 heteroatoms. The van der Waals surface area contributed by atoms with Gasteiger partial charge in [-0.15, -0.1) is 6.42 Å². The van der Waals surface area contributed by atoms with E-state index in [-0.39, 0.29) is 12.4 Å². The van der Waals surface area contributed by atoms with E-state index >= 15 is 0 Å². The summed E-state index contributed by atoms with van der Waals surface area (Å²) in [6.07, 6.45) is 6.15. The summed E-state index contributed by atoms with van der Waals surface area (Å²) >= 11 is 0. The van der Waals surface area contributed by atoms with Crippen LogP contribution in [-0.2, 0) is 6.61 Å². The van der Waals surface area contributed by atoms with Gasteiger partial charge in [0, 0.05) is 6.54 Å². The lowest BCUT2D eigenvalue weighted by molar-refractivity contribution is 0.281. The third kappa shape index (κ3) is 2.98. The van der Waals surface area contributed by atoms with Crippen LogP contribution in [0, 0.1) is 18.2 Å². The molecule has 0 fully saturated rings. The van der Waals surface area contributed by atoms with E-state index in [0.29, 0.717) is 17.8 Å². The Hall–Kier alpha value is -1.53. The summed E-state index contributed by atoms with van der Waals surface area (Å²) in [4.78, 5) is 1.82. The van der Waals surface area contributed by atoms with E-state index in [0.717, 1.165) is 13.0 Å². The molecule has 0 aromatic heterocycles. The minimum Gasteiger partial charge on any atom is -0.392 e.